The van der Waals surface area contributed by atoms with Gasteiger partial charge in [0.05, 0.1) is 0 Å². The monoisotopic (exact) mass is 397 g/mol. The van der Waals surface area contributed by atoms with E-state index in [1.165, 1.54) is 6.08 Å². The van der Waals surface area contributed by atoms with Gasteiger partial charge in [-0.25, -0.2) is 23.1 Å². The smallest absolute Gasteiger partial charge is 0.238 e. The lowest BCUT2D eigenvalue weighted by Gasteiger charge is -2.10. The van der Waals surface area contributed by atoms with Gasteiger partial charge in [-0.05, 0) is 30.5 Å². The number of halogens is 3. The molecule has 0 radical (unpaired) electrons. The molecule has 1 aliphatic rings. The molecule has 1 aliphatic carbocycles. The minimum Gasteiger partial charge on any atom is -0.238 e. The molecule has 27 heavy (non-hydrogen) atoms. The third-order valence-electron chi connectivity index (χ3n) is 3.97. The quantitative estimate of drug-likeness (QED) is 0.776. The van der Waals surface area contributed by atoms with Crippen LogP contribution >= 0.6 is 0 Å². The Labute approximate surface area is 155 Å². The largest absolute Gasteiger partial charge is 0.433 e. The maximum Gasteiger partial charge on any atom is 0.433 e. The Kier molecular flexibility index (Phi) is 5.61. The molecular weight excluding hydrogens is 379 g/mol. The summed E-state index contributed by atoms with van der Waals surface area (Å²) in [5, 5.41) is 1.02. The summed E-state index contributed by atoms with van der Waals surface area (Å²) in [4.78, 5) is 7.70. The van der Waals surface area contributed by atoms with Crippen LogP contribution in [0.4, 0.5) is 13.2 Å². The van der Waals surface area contributed by atoms with E-state index in [1.807, 2.05) is 6.07 Å². The van der Waals surface area contributed by atoms with Gasteiger partial charge < -0.3 is 0 Å². The van der Waals surface area contributed by atoms with Gasteiger partial charge in [0, 0.05) is 30.0 Å². The van der Waals surface area contributed by atoms with Crippen LogP contribution in [-0.4, -0.2) is 24.9 Å². The number of hydrogen-bond donors (Lipinski definition) is 1. The summed E-state index contributed by atoms with van der Waals surface area (Å²) >= 11 is 0. The van der Waals surface area contributed by atoms with Crippen molar-refractivity contribution >= 4 is 16.1 Å². The summed E-state index contributed by atoms with van der Waals surface area (Å²) in [6.45, 7) is -0.0904. The number of benzene rings is 1. The summed E-state index contributed by atoms with van der Waals surface area (Å²) in [5.41, 5.74) is 0.110. The molecule has 0 aliphatic heterocycles. The molecule has 9 heteroatoms. The average molecular weight is 397 g/mol. The van der Waals surface area contributed by atoms with Crippen LogP contribution in [0, 0.1) is 0 Å². The second-order valence-electron chi connectivity index (χ2n) is 6.27. The van der Waals surface area contributed by atoms with E-state index in [0.717, 1.165) is 29.9 Å². The summed E-state index contributed by atoms with van der Waals surface area (Å²) in [5.74, 6) is 0.0276. The van der Waals surface area contributed by atoms with E-state index in [9.17, 15) is 21.6 Å². The van der Waals surface area contributed by atoms with Crippen molar-refractivity contribution in [3.8, 4) is 0 Å². The van der Waals surface area contributed by atoms with E-state index in [1.54, 1.807) is 24.3 Å². The zero-order valence-corrected chi connectivity index (χ0v) is 15.1. The topological polar surface area (TPSA) is 72.0 Å². The van der Waals surface area contributed by atoms with Crippen molar-refractivity contribution in [2.45, 2.75) is 31.4 Å². The normalized spacial score (nSPS) is 15.4. The van der Waals surface area contributed by atoms with E-state index < -0.39 is 21.9 Å². The van der Waals surface area contributed by atoms with Gasteiger partial charge in [0.15, 0.2) is 0 Å². The van der Waals surface area contributed by atoms with Gasteiger partial charge in [-0.1, -0.05) is 30.3 Å². The Morgan fingerprint density at radius 3 is 2.48 bits per heavy atom. The summed E-state index contributed by atoms with van der Waals surface area (Å²) in [6.07, 6.45) is -1.52. The summed E-state index contributed by atoms with van der Waals surface area (Å²) in [7, 11) is -3.71. The molecule has 0 saturated heterocycles. The molecule has 0 unspecified atom stereocenters. The van der Waals surface area contributed by atoms with Crippen molar-refractivity contribution in [1.82, 2.24) is 14.7 Å². The zero-order chi connectivity index (χ0) is 19.5. The SMILES string of the molecule is O=S(=O)(C=Cc1ccccc1)NCCc1nc(C2CC2)cc(C(F)(F)F)n1. The van der Waals surface area contributed by atoms with Gasteiger partial charge in [0.1, 0.15) is 11.5 Å². The number of nitrogens with zero attached hydrogens (tertiary/aromatic N) is 2. The molecule has 1 saturated carbocycles. The Balaban J connectivity index is 1.64. The van der Waals surface area contributed by atoms with E-state index in [-0.39, 0.29) is 24.7 Å². The van der Waals surface area contributed by atoms with Crippen molar-refractivity contribution in [1.29, 1.82) is 0 Å². The minimum absolute atomic E-state index is 0.0125. The predicted octanol–water partition coefficient (Wildman–Crippen LogP) is 3.51. The van der Waals surface area contributed by atoms with E-state index in [2.05, 4.69) is 14.7 Å². The highest BCUT2D eigenvalue weighted by atomic mass is 32.2. The number of alkyl halides is 3. The third kappa shape index (κ3) is 5.86. The average Bonchev–Trinajstić information content (AvgIpc) is 3.45. The fourth-order valence-corrected chi connectivity index (χ4v) is 3.27. The van der Waals surface area contributed by atoms with E-state index in [4.69, 9.17) is 0 Å². The second kappa shape index (κ2) is 7.77. The van der Waals surface area contributed by atoms with Crippen LogP contribution in [0.5, 0.6) is 0 Å². The lowest BCUT2D eigenvalue weighted by atomic mass is 10.2. The molecular formula is C18H18F3N3O2S. The summed E-state index contributed by atoms with van der Waals surface area (Å²) < 4.78 is 65.3. The fourth-order valence-electron chi connectivity index (χ4n) is 2.45. The first-order valence-corrected chi connectivity index (χ1v) is 9.95. The van der Waals surface area contributed by atoms with Crippen molar-refractivity contribution in [3.63, 3.8) is 0 Å². The summed E-state index contributed by atoms with van der Waals surface area (Å²) in [6, 6.07) is 9.86. The molecule has 2 aromatic rings. The first-order valence-electron chi connectivity index (χ1n) is 8.41. The molecule has 3 rings (SSSR count). The zero-order valence-electron chi connectivity index (χ0n) is 14.3. The standard InChI is InChI=1S/C18H18F3N3O2S/c19-18(20,21)16-12-15(14-6-7-14)23-17(24-16)8-10-22-27(25,26)11-9-13-4-2-1-3-5-13/h1-5,9,11-12,14,22H,6-8,10H2. The third-order valence-corrected chi connectivity index (χ3v) is 5.07. The molecule has 0 bridgehead atoms. The maximum atomic E-state index is 13.0. The Morgan fingerprint density at radius 2 is 1.85 bits per heavy atom. The molecule has 1 N–H and O–H groups in total. The van der Waals surface area contributed by atoms with Crippen LogP contribution in [0.1, 0.15) is 41.5 Å². The highest BCUT2D eigenvalue weighted by Crippen LogP contribution is 2.40. The molecule has 0 amide bonds. The minimum atomic E-state index is -4.56. The highest BCUT2D eigenvalue weighted by molar-refractivity contribution is 7.92. The van der Waals surface area contributed by atoms with Gasteiger partial charge in [-0.2, -0.15) is 13.2 Å². The number of sulfonamides is 1. The van der Waals surface area contributed by atoms with Crippen LogP contribution in [-0.2, 0) is 22.6 Å². The molecule has 1 heterocycles. The molecule has 0 spiro atoms. The number of nitrogens with one attached hydrogen (secondary N) is 1. The first-order chi connectivity index (χ1) is 12.7. The molecule has 1 aromatic heterocycles. The van der Waals surface area contributed by atoms with Crippen LogP contribution in [0.15, 0.2) is 41.8 Å². The van der Waals surface area contributed by atoms with Gasteiger partial charge in [0.25, 0.3) is 0 Å². The molecule has 5 nitrogen and oxygen atoms in total. The van der Waals surface area contributed by atoms with Crippen LogP contribution in [0.3, 0.4) is 0 Å². The van der Waals surface area contributed by atoms with E-state index >= 15 is 0 Å². The van der Waals surface area contributed by atoms with Crippen molar-refractivity contribution < 1.29 is 21.6 Å². The van der Waals surface area contributed by atoms with Crippen molar-refractivity contribution in [3.05, 3.63) is 64.6 Å². The Hall–Kier alpha value is -2.26. The molecule has 1 aromatic carbocycles. The van der Waals surface area contributed by atoms with Crippen molar-refractivity contribution in [2.75, 3.05) is 6.54 Å². The van der Waals surface area contributed by atoms with Crippen LogP contribution in [0.25, 0.3) is 6.08 Å². The van der Waals surface area contributed by atoms with E-state index in [0.29, 0.717) is 5.69 Å². The van der Waals surface area contributed by atoms with Gasteiger partial charge in [-0.3, -0.25) is 0 Å². The predicted molar refractivity (Wildman–Crippen MR) is 95.1 cm³/mol. The maximum absolute atomic E-state index is 13.0. The fraction of sp³-hybridized carbons (Fsp3) is 0.333. The first kappa shape index (κ1) is 19.5. The number of rotatable bonds is 7. The van der Waals surface area contributed by atoms with Crippen molar-refractivity contribution in [2.24, 2.45) is 0 Å². The molecule has 1 fully saturated rings. The highest BCUT2D eigenvalue weighted by Gasteiger charge is 2.35. The second-order valence-corrected chi connectivity index (χ2v) is 7.92. The van der Waals surface area contributed by atoms with Crippen LogP contribution in [0.2, 0.25) is 0 Å². The lowest BCUT2D eigenvalue weighted by Crippen LogP contribution is -2.25. The number of hydrogen-bond acceptors (Lipinski definition) is 4. The molecule has 144 valence electrons. The lowest BCUT2D eigenvalue weighted by molar-refractivity contribution is -0.141. The molecule has 0 atom stereocenters. The number of aromatic nitrogens is 2. The van der Waals surface area contributed by atoms with Gasteiger partial charge in [0.2, 0.25) is 10.0 Å². The Morgan fingerprint density at radius 1 is 1.15 bits per heavy atom. The Bertz CT molecular complexity index is 925. The van der Waals surface area contributed by atoms with Crippen LogP contribution < -0.4 is 4.72 Å². The van der Waals surface area contributed by atoms with Gasteiger partial charge in [-0.15, -0.1) is 0 Å². The van der Waals surface area contributed by atoms with Gasteiger partial charge >= 0.3 is 6.18 Å².